The van der Waals surface area contributed by atoms with Crippen molar-refractivity contribution in [3.8, 4) is 0 Å². The molecule has 0 saturated heterocycles. The van der Waals surface area contributed by atoms with Crippen molar-refractivity contribution in [2.75, 3.05) is 6.61 Å². The van der Waals surface area contributed by atoms with Gasteiger partial charge in [0.05, 0.1) is 17.6 Å². The number of nitro groups is 1. The number of aliphatic hydroxyl groups is 2. The Morgan fingerprint density at radius 3 is 2.56 bits per heavy atom. The van der Waals surface area contributed by atoms with Gasteiger partial charge in [-0.2, -0.15) is 0 Å². The van der Waals surface area contributed by atoms with Crippen LogP contribution in [0.1, 0.15) is 65.2 Å². The number of carbonyl (C=O) groups excluding carboxylic acids is 1. The molecule has 0 radical (unpaired) electrons. The van der Waals surface area contributed by atoms with Crippen LogP contribution in [-0.4, -0.2) is 33.6 Å². The summed E-state index contributed by atoms with van der Waals surface area (Å²) in [5, 5.41) is 31.4. The number of hydrogen-bond acceptors (Lipinski definition) is 5. The second kappa shape index (κ2) is 6.38. The summed E-state index contributed by atoms with van der Waals surface area (Å²) in [6, 6.07) is 0. The fourth-order valence-electron chi connectivity index (χ4n) is 7.70. The maximum Gasteiger partial charge on any atom is 0.311 e. The Kier molecular flexibility index (Phi) is 4.50. The van der Waals surface area contributed by atoms with E-state index in [-0.39, 0.29) is 41.3 Å². The molecule has 0 spiro atoms. The Bertz CT molecular complexity index is 703. The molecule has 0 amide bonds. The molecule has 0 heterocycles. The van der Waals surface area contributed by atoms with E-state index in [1.54, 1.807) is 0 Å². The van der Waals surface area contributed by atoms with Gasteiger partial charge < -0.3 is 10.2 Å². The lowest BCUT2D eigenvalue weighted by Crippen LogP contribution is -2.52. The zero-order valence-electron chi connectivity index (χ0n) is 16.3. The summed E-state index contributed by atoms with van der Waals surface area (Å²) < 4.78 is 0. The van der Waals surface area contributed by atoms with Crippen LogP contribution in [0.5, 0.6) is 0 Å². The van der Waals surface area contributed by atoms with Gasteiger partial charge in [-0.05, 0) is 79.4 Å². The number of Topliss-reactive ketones (excluding diaryl/α,β-unsaturated/α-hetero) is 1. The minimum Gasteiger partial charge on any atom is -0.394 e. The second-order valence-electron chi connectivity index (χ2n) is 9.82. The minimum atomic E-state index is -0.653. The van der Waals surface area contributed by atoms with Crippen LogP contribution in [0.25, 0.3) is 0 Å². The van der Waals surface area contributed by atoms with E-state index >= 15 is 0 Å². The highest BCUT2D eigenvalue weighted by Gasteiger charge is 2.61. The molecule has 0 bridgehead atoms. The van der Waals surface area contributed by atoms with E-state index in [0.29, 0.717) is 24.2 Å². The molecule has 0 aromatic carbocycles. The molecule has 0 aromatic rings. The normalized spacial score (nSPS) is 45.1. The third kappa shape index (κ3) is 2.55. The number of nitrogens with zero attached hydrogens (tertiary/aromatic N) is 1. The number of fused-ring (bicyclic) bond motifs is 5. The van der Waals surface area contributed by atoms with E-state index in [1.807, 2.05) is 0 Å². The molecule has 7 atom stereocenters. The average molecular weight is 377 g/mol. The smallest absolute Gasteiger partial charge is 0.311 e. The van der Waals surface area contributed by atoms with Gasteiger partial charge in [-0.15, -0.1) is 0 Å². The standard InChI is InChI=1S/C21H31NO5/c1-20-9-7-14-12(13(20)5-6-15(20)18(25)11-23)3-4-16-19(22(26)27)17(24)8-10-21(14,16)2/h12-15,18,23,25H,3-11H2,1-2H3/t12-,13-,14-,15+,18?,20-,21+/m0/s1. The highest BCUT2D eigenvalue weighted by molar-refractivity contribution is 5.95. The van der Waals surface area contributed by atoms with Crippen molar-refractivity contribution < 1.29 is 19.9 Å². The molecule has 6 nitrogen and oxygen atoms in total. The third-order valence-electron chi connectivity index (χ3n) is 9.00. The Morgan fingerprint density at radius 1 is 1.15 bits per heavy atom. The molecule has 2 N–H and O–H groups in total. The van der Waals surface area contributed by atoms with Crippen molar-refractivity contribution in [1.82, 2.24) is 0 Å². The second-order valence-corrected chi connectivity index (χ2v) is 9.82. The number of rotatable bonds is 3. The Morgan fingerprint density at radius 2 is 1.89 bits per heavy atom. The van der Waals surface area contributed by atoms with Gasteiger partial charge in [0, 0.05) is 12.0 Å². The monoisotopic (exact) mass is 377 g/mol. The van der Waals surface area contributed by atoms with Crippen LogP contribution in [0.2, 0.25) is 0 Å². The molecule has 4 aliphatic rings. The number of aliphatic hydroxyl groups excluding tert-OH is 2. The fraction of sp³-hybridized carbons (Fsp3) is 0.857. The number of ketones is 1. The molecule has 3 saturated carbocycles. The van der Waals surface area contributed by atoms with Crippen LogP contribution in [0.15, 0.2) is 11.3 Å². The molecule has 0 aliphatic heterocycles. The van der Waals surface area contributed by atoms with Crippen molar-refractivity contribution in [1.29, 1.82) is 0 Å². The minimum absolute atomic E-state index is 0.0390. The van der Waals surface area contributed by atoms with E-state index in [0.717, 1.165) is 44.1 Å². The van der Waals surface area contributed by atoms with E-state index in [4.69, 9.17) is 0 Å². The molecular weight excluding hydrogens is 346 g/mol. The zero-order valence-corrected chi connectivity index (χ0v) is 16.3. The molecule has 4 aliphatic carbocycles. The summed E-state index contributed by atoms with van der Waals surface area (Å²) in [6.07, 6.45) is 5.91. The summed E-state index contributed by atoms with van der Waals surface area (Å²) >= 11 is 0. The lowest BCUT2D eigenvalue weighted by Gasteiger charge is -2.58. The summed E-state index contributed by atoms with van der Waals surface area (Å²) in [5.74, 6) is 1.22. The molecule has 0 aromatic heterocycles. The van der Waals surface area contributed by atoms with E-state index in [9.17, 15) is 25.1 Å². The summed E-state index contributed by atoms with van der Waals surface area (Å²) in [7, 11) is 0. The summed E-state index contributed by atoms with van der Waals surface area (Å²) in [4.78, 5) is 23.4. The summed E-state index contributed by atoms with van der Waals surface area (Å²) in [6.45, 7) is 4.26. The first-order chi connectivity index (χ1) is 12.7. The van der Waals surface area contributed by atoms with Gasteiger partial charge in [0.15, 0.2) is 0 Å². The van der Waals surface area contributed by atoms with Gasteiger partial charge in [-0.3, -0.25) is 14.9 Å². The van der Waals surface area contributed by atoms with Crippen LogP contribution >= 0.6 is 0 Å². The van der Waals surface area contributed by atoms with Gasteiger partial charge in [-0.25, -0.2) is 0 Å². The van der Waals surface area contributed by atoms with Crippen LogP contribution in [-0.2, 0) is 4.79 Å². The van der Waals surface area contributed by atoms with Gasteiger partial charge in [-0.1, -0.05) is 13.8 Å². The fourth-order valence-corrected chi connectivity index (χ4v) is 7.70. The van der Waals surface area contributed by atoms with Crippen molar-refractivity contribution in [2.45, 2.75) is 71.3 Å². The Balaban J connectivity index is 1.69. The number of carbonyl (C=O) groups is 1. The molecule has 4 rings (SSSR count). The van der Waals surface area contributed by atoms with E-state index in [1.165, 1.54) is 0 Å². The first-order valence-corrected chi connectivity index (χ1v) is 10.4. The SMILES string of the molecule is C[C@]12CC[C@H]3[C@@H](CCC4=C([N+](=O)[O-])C(=O)CC[C@@]43C)[C@@H]1CC[C@@H]2C(O)CO. The molecule has 3 fully saturated rings. The van der Waals surface area contributed by atoms with E-state index in [2.05, 4.69) is 13.8 Å². The van der Waals surface area contributed by atoms with Crippen LogP contribution in [0, 0.1) is 44.6 Å². The molecule has 150 valence electrons. The molecule has 6 heteroatoms. The topological polar surface area (TPSA) is 101 Å². The lowest BCUT2D eigenvalue weighted by atomic mass is 9.46. The molecule has 1 unspecified atom stereocenters. The molecule has 27 heavy (non-hydrogen) atoms. The van der Waals surface area contributed by atoms with Gasteiger partial charge in [0.25, 0.3) is 0 Å². The third-order valence-corrected chi connectivity index (χ3v) is 9.00. The highest BCUT2D eigenvalue weighted by atomic mass is 16.6. The van der Waals surface area contributed by atoms with Crippen LogP contribution in [0.3, 0.4) is 0 Å². The van der Waals surface area contributed by atoms with E-state index < -0.39 is 11.0 Å². The van der Waals surface area contributed by atoms with Gasteiger partial charge in [0.1, 0.15) is 0 Å². The maximum absolute atomic E-state index is 12.2. The quantitative estimate of drug-likeness (QED) is 0.581. The predicted octanol–water partition coefficient (Wildman–Crippen LogP) is 3.09. The first-order valence-electron chi connectivity index (χ1n) is 10.4. The highest BCUT2D eigenvalue weighted by Crippen LogP contribution is 2.67. The van der Waals surface area contributed by atoms with Crippen molar-refractivity contribution in [3.63, 3.8) is 0 Å². The number of hydrogen-bond donors (Lipinski definition) is 2. The lowest BCUT2D eigenvalue weighted by molar-refractivity contribution is -0.422. The Labute approximate surface area is 160 Å². The largest absolute Gasteiger partial charge is 0.394 e. The zero-order chi connectivity index (χ0) is 19.6. The Hall–Kier alpha value is -1.27. The van der Waals surface area contributed by atoms with Crippen LogP contribution < -0.4 is 0 Å². The van der Waals surface area contributed by atoms with Crippen LogP contribution in [0.4, 0.5) is 0 Å². The van der Waals surface area contributed by atoms with Crippen molar-refractivity contribution >= 4 is 5.78 Å². The first kappa shape index (κ1) is 19.1. The van der Waals surface area contributed by atoms with Crippen molar-refractivity contribution in [3.05, 3.63) is 21.4 Å². The number of allylic oxidation sites excluding steroid dienone is 1. The summed E-state index contributed by atoms with van der Waals surface area (Å²) in [5.41, 5.74) is 0.486. The molecular formula is C21H31NO5. The average Bonchev–Trinajstić information content (AvgIpc) is 2.98. The van der Waals surface area contributed by atoms with Gasteiger partial charge >= 0.3 is 5.70 Å². The predicted molar refractivity (Wildman–Crippen MR) is 99.2 cm³/mol. The maximum atomic E-state index is 12.2. The van der Waals surface area contributed by atoms with Crippen molar-refractivity contribution in [2.24, 2.45) is 34.5 Å². The van der Waals surface area contributed by atoms with Gasteiger partial charge in [0.2, 0.25) is 5.78 Å².